The molecule has 0 aliphatic carbocycles. The fraction of sp³-hybridized carbons (Fsp3) is 0.214. The molecule has 0 atom stereocenters. The molecule has 1 aromatic rings. The number of carbonyl (C=O) groups is 1. The van der Waals surface area contributed by atoms with Crippen LogP contribution in [0.1, 0.15) is 12.5 Å². The molecule has 102 valence electrons. The van der Waals surface area contributed by atoms with E-state index in [-0.39, 0.29) is 5.75 Å². The zero-order valence-electron chi connectivity index (χ0n) is 10.7. The molecule has 4 nitrogen and oxygen atoms in total. The second-order valence-corrected chi connectivity index (χ2v) is 5.99. The highest BCUT2D eigenvalue weighted by Gasteiger charge is 2.01. The van der Waals surface area contributed by atoms with Crippen LogP contribution in [0, 0.1) is 0 Å². The molecule has 0 aliphatic rings. The fourth-order valence-corrected chi connectivity index (χ4v) is 1.76. The van der Waals surface area contributed by atoms with E-state index in [1.165, 1.54) is 6.92 Å². The number of rotatable bonds is 6. The molecule has 0 heterocycles. The van der Waals surface area contributed by atoms with Crippen molar-refractivity contribution in [2.75, 3.05) is 12.3 Å². The van der Waals surface area contributed by atoms with Crippen molar-refractivity contribution in [3.8, 4) is 0 Å². The minimum Gasteiger partial charge on any atom is -0.349 e. The van der Waals surface area contributed by atoms with E-state index in [9.17, 15) is 13.2 Å². The molecule has 0 unspecified atom stereocenters. The fourth-order valence-electron chi connectivity index (χ4n) is 1.24. The van der Waals surface area contributed by atoms with Crippen LogP contribution in [0.3, 0.4) is 0 Å². The van der Waals surface area contributed by atoms with Gasteiger partial charge in [0.15, 0.2) is 9.84 Å². The van der Waals surface area contributed by atoms with Crippen LogP contribution in [0.4, 0.5) is 0 Å². The number of hydrogen-bond donors (Lipinski definition) is 1. The summed E-state index contributed by atoms with van der Waals surface area (Å²) in [6.45, 7) is 1.88. The van der Waals surface area contributed by atoms with Gasteiger partial charge in [0.05, 0.1) is 5.75 Å². The van der Waals surface area contributed by atoms with Crippen LogP contribution < -0.4 is 5.32 Å². The number of benzene rings is 1. The summed E-state index contributed by atoms with van der Waals surface area (Å²) >= 11 is 0. The maximum atomic E-state index is 11.3. The first-order chi connectivity index (χ1) is 9.03. The SMILES string of the molecule is CCS(=O)(=O)C=CC(=O)NCC=Cc1ccccc1. The molecule has 0 saturated carbocycles. The van der Waals surface area contributed by atoms with Gasteiger partial charge < -0.3 is 5.32 Å². The van der Waals surface area contributed by atoms with Gasteiger partial charge in [-0.25, -0.2) is 8.42 Å². The van der Waals surface area contributed by atoms with Crippen molar-refractivity contribution in [2.24, 2.45) is 0 Å². The number of hydrogen-bond acceptors (Lipinski definition) is 3. The van der Waals surface area contributed by atoms with E-state index < -0.39 is 15.7 Å². The minimum absolute atomic E-state index is 0.00924. The Bertz CT molecular complexity index is 560. The summed E-state index contributed by atoms with van der Waals surface area (Å²) in [5, 5.41) is 3.51. The van der Waals surface area contributed by atoms with E-state index in [2.05, 4.69) is 5.32 Å². The number of sulfone groups is 1. The summed E-state index contributed by atoms with van der Waals surface area (Å²) in [6.07, 6.45) is 4.72. The Balaban J connectivity index is 2.38. The molecule has 1 aromatic carbocycles. The summed E-state index contributed by atoms with van der Waals surface area (Å²) in [5.41, 5.74) is 1.04. The minimum atomic E-state index is -3.25. The molecule has 0 radical (unpaired) electrons. The molecular formula is C14H17NO3S. The van der Waals surface area contributed by atoms with Crippen LogP contribution in [-0.2, 0) is 14.6 Å². The Kier molecular flexibility index (Phi) is 6.02. The third-order valence-electron chi connectivity index (χ3n) is 2.33. The molecule has 1 amide bonds. The zero-order chi connectivity index (χ0) is 14.1. The zero-order valence-corrected chi connectivity index (χ0v) is 11.6. The monoisotopic (exact) mass is 279 g/mol. The maximum absolute atomic E-state index is 11.3. The molecule has 5 heteroatoms. The predicted octanol–water partition coefficient (Wildman–Crippen LogP) is 1.76. The lowest BCUT2D eigenvalue weighted by atomic mass is 10.2. The summed E-state index contributed by atoms with van der Waals surface area (Å²) in [4.78, 5) is 11.3. The third-order valence-corrected chi connectivity index (χ3v) is 3.69. The van der Waals surface area contributed by atoms with Crippen molar-refractivity contribution in [1.29, 1.82) is 0 Å². The van der Waals surface area contributed by atoms with Crippen LogP contribution in [0.25, 0.3) is 6.08 Å². The number of amides is 1. The van der Waals surface area contributed by atoms with Gasteiger partial charge in [0, 0.05) is 18.0 Å². The summed E-state index contributed by atoms with van der Waals surface area (Å²) in [5.74, 6) is -0.431. The van der Waals surface area contributed by atoms with Gasteiger partial charge in [-0.15, -0.1) is 0 Å². The van der Waals surface area contributed by atoms with Crippen LogP contribution >= 0.6 is 0 Å². The quantitative estimate of drug-likeness (QED) is 0.807. The molecule has 0 spiro atoms. The topological polar surface area (TPSA) is 63.2 Å². The average molecular weight is 279 g/mol. The van der Waals surface area contributed by atoms with Gasteiger partial charge in [-0.1, -0.05) is 49.4 Å². The van der Waals surface area contributed by atoms with E-state index >= 15 is 0 Å². The number of nitrogens with one attached hydrogen (secondary N) is 1. The highest BCUT2D eigenvalue weighted by Crippen LogP contribution is 1.99. The van der Waals surface area contributed by atoms with Crippen molar-refractivity contribution in [2.45, 2.75) is 6.92 Å². The highest BCUT2D eigenvalue weighted by molar-refractivity contribution is 7.94. The van der Waals surface area contributed by atoms with Crippen LogP contribution in [0.15, 0.2) is 47.9 Å². The Labute approximate surface area is 113 Å². The molecule has 19 heavy (non-hydrogen) atoms. The largest absolute Gasteiger partial charge is 0.349 e. The van der Waals surface area contributed by atoms with Crippen molar-refractivity contribution >= 4 is 21.8 Å². The second kappa shape index (κ2) is 7.53. The Morgan fingerprint density at radius 1 is 1.26 bits per heavy atom. The lowest BCUT2D eigenvalue weighted by Gasteiger charge is -1.97. The maximum Gasteiger partial charge on any atom is 0.244 e. The summed E-state index contributed by atoms with van der Waals surface area (Å²) < 4.78 is 22.3. The van der Waals surface area contributed by atoms with E-state index in [1.54, 1.807) is 6.08 Å². The molecule has 0 saturated heterocycles. The van der Waals surface area contributed by atoms with Gasteiger partial charge in [-0.3, -0.25) is 4.79 Å². The second-order valence-electron chi connectivity index (χ2n) is 3.81. The molecule has 0 bridgehead atoms. The van der Waals surface area contributed by atoms with Crippen molar-refractivity contribution < 1.29 is 13.2 Å². The van der Waals surface area contributed by atoms with E-state index in [0.29, 0.717) is 6.54 Å². The van der Waals surface area contributed by atoms with Gasteiger partial charge in [0.25, 0.3) is 0 Å². The van der Waals surface area contributed by atoms with Crippen molar-refractivity contribution in [3.05, 3.63) is 53.5 Å². The Morgan fingerprint density at radius 3 is 2.58 bits per heavy atom. The molecule has 0 aromatic heterocycles. The molecular weight excluding hydrogens is 262 g/mol. The summed E-state index contributed by atoms with van der Waals surface area (Å²) in [6, 6.07) is 9.68. The molecule has 0 aliphatic heterocycles. The molecule has 0 fully saturated rings. The normalized spacial score (nSPS) is 12.1. The smallest absolute Gasteiger partial charge is 0.244 e. The molecule has 1 rings (SSSR count). The van der Waals surface area contributed by atoms with Gasteiger partial charge in [-0.2, -0.15) is 0 Å². The first-order valence-corrected chi connectivity index (χ1v) is 7.65. The van der Waals surface area contributed by atoms with E-state index in [1.807, 2.05) is 36.4 Å². The third kappa shape index (κ3) is 6.57. The van der Waals surface area contributed by atoms with Crippen molar-refractivity contribution in [1.82, 2.24) is 5.32 Å². The van der Waals surface area contributed by atoms with Gasteiger partial charge in [-0.05, 0) is 5.56 Å². The van der Waals surface area contributed by atoms with Crippen LogP contribution in [0.2, 0.25) is 0 Å². The standard InChI is InChI=1S/C14H17NO3S/c1-2-19(17,18)12-10-14(16)15-11-6-9-13-7-4-3-5-8-13/h3-10,12H,2,11H2,1H3,(H,15,16). The average Bonchev–Trinajstić information content (AvgIpc) is 2.43. The Hall–Kier alpha value is -1.88. The summed E-state index contributed by atoms with van der Waals surface area (Å²) in [7, 11) is -3.25. The first kappa shape index (κ1) is 15.2. The first-order valence-electron chi connectivity index (χ1n) is 5.94. The van der Waals surface area contributed by atoms with Crippen LogP contribution in [-0.4, -0.2) is 26.6 Å². The van der Waals surface area contributed by atoms with E-state index in [4.69, 9.17) is 0 Å². The predicted molar refractivity (Wildman–Crippen MR) is 77.1 cm³/mol. The lowest BCUT2D eigenvalue weighted by Crippen LogP contribution is -2.21. The van der Waals surface area contributed by atoms with Gasteiger partial charge in [0.2, 0.25) is 5.91 Å². The lowest BCUT2D eigenvalue weighted by molar-refractivity contribution is -0.116. The van der Waals surface area contributed by atoms with Crippen molar-refractivity contribution in [3.63, 3.8) is 0 Å². The number of carbonyl (C=O) groups excluding carboxylic acids is 1. The van der Waals surface area contributed by atoms with E-state index in [0.717, 1.165) is 17.0 Å². The van der Waals surface area contributed by atoms with Crippen LogP contribution in [0.5, 0.6) is 0 Å². The molecule has 1 N–H and O–H groups in total. The van der Waals surface area contributed by atoms with Gasteiger partial charge in [0.1, 0.15) is 0 Å². The highest BCUT2D eigenvalue weighted by atomic mass is 32.2. The Morgan fingerprint density at radius 2 is 1.95 bits per heavy atom. The van der Waals surface area contributed by atoms with Gasteiger partial charge >= 0.3 is 0 Å².